The molecule has 0 spiro atoms. The molecule has 5 aliphatic rings. The SMILES string of the molecule is CN[C@@H](C)C(=O)N[C@H](C(=O)N1C[C@@H](Oc2cccc(OCCCCCCCCOc3cc(-c4scnc4C)ccc3CNC(=O)[C@@H]3C[C@@H](O)CN3C(=O)[C@H](C(C)C)N3Cc4ccccc4C3=O)c2)C[C@H]1C(=O)N[C@@H]1CCCc2ccccc21)C1CCCCC1. The molecule has 89 heavy (non-hydrogen) atoms. The Balaban J connectivity index is 0.694. The van der Waals surface area contributed by atoms with Gasteiger partial charge in [-0.1, -0.05) is 119 Å². The van der Waals surface area contributed by atoms with Crippen LogP contribution in [0.5, 0.6) is 17.2 Å². The van der Waals surface area contributed by atoms with E-state index in [4.69, 9.17) is 14.2 Å². The smallest absolute Gasteiger partial charge is 0.255 e. The lowest BCUT2D eigenvalue weighted by atomic mass is 9.83. The van der Waals surface area contributed by atoms with Crippen molar-refractivity contribution in [3.05, 3.63) is 130 Å². The molecule has 5 N–H and O–H groups in total. The Morgan fingerprint density at radius 2 is 1.45 bits per heavy atom. The molecule has 2 aliphatic carbocycles. The van der Waals surface area contributed by atoms with Crippen LogP contribution in [0.3, 0.4) is 0 Å². The van der Waals surface area contributed by atoms with Crippen LogP contribution in [-0.4, -0.2) is 136 Å². The summed E-state index contributed by atoms with van der Waals surface area (Å²) < 4.78 is 19.3. The standard InChI is InChI=1S/C70H90N8O10S/c1-44(2)63(78-40-51-24-14-16-29-57(51)68(78)83)70(85)76-41-52(79)36-59(76)66(81)72-39-50-32-31-49(64-45(3)73-43-89-64)35-61(50)87-34-18-9-7-6-8-17-33-86-53-26-20-27-54(37-53)88-55-38-60(67(82)74-58-30-19-25-47-21-13-15-28-56(47)58)77(42-55)69(84)62(48-22-11-10-12-23-48)75-65(80)46(4)71-5/h13-16,20-21,24,26-29,31-32,35,37,43-44,46,48,52,55,58-60,62-63,71,79H,6-12,17-19,22-23,25,30,33-34,36,38-42H2,1-5H3,(H,72,81)(H,74,82)(H,75,80)/t46-,52+,55-,58+,59-,60-,62-,63-/m0/s1. The van der Waals surface area contributed by atoms with E-state index in [0.717, 1.165) is 123 Å². The number of rotatable bonds is 27. The quantitative estimate of drug-likeness (QED) is 0.0311. The average Bonchev–Trinajstić information content (AvgIpc) is 1.79. The molecule has 1 aromatic heterocycles. The molecular formula is C70H90N8O10S. The summed E-state index contributed by atoms with van der Waals surface area (Å²) in [6.45, 7) is 9.23. The number of aryl methyl sites for hydroxylation is 2. The molecule has 2 saturated heterocycles. The number of aliphatic hydroxyl groups is 1. The fourth-order valence-corrected chi connectivity index (χ4v) is 14.5. The normalized spacial score (nSPS) is 21.0. The van der Waals surface area contributed by atoms with E-state index in [1.807, 2.05) is 99.1 Å². The summed E-state index contributed by atoms with van der Waals surface area (Å²) in [4.78, 5) is 94.9. The van der Waals surface area contributed by atoms with Gasteiger partial charge in [0.25, 0.3) is 5.91 Å². The van der Waals surface area contributed by atoms with Crippen molar-refractivity contribution >= 4 is 46.8 Å². The number of hydrogen-bond donors (Lipinski definition) is 5. The maximum absolute atomic E-state index is 14.9. The molecular weight excluding hydrogens is 1140 g/mol. The zero-order valence-corrected chi connectivity index (χ0v) is 53.2. The third-order valence-corrected chi connectivity index (χ3v) is 19.7. The average molecular weight is 1240 g/mol. The van der Waals surface area contributed by atoms with Gasteiger partial charge < -0.3 is 55.3 Å². The van der Waals surface area contributed by atoms with Crippen LogP contribution in [0.2, 0.25) is 0 Å². The van der Waals surface area contributed by atoms with Crippen LogP contribution in [0.15, 0.2) is 96.5 Å². The van der Waals surface area contributed by atoms with Gasteiger partial charge in [0.15, 0.2) is 0 Å². The molecule has 10 rings (SSSR count). The zero-order valence-electron chi connectivity index (χ0n) is 52.4. The number of benzene rings is 4. The fourth-order valence-electron chi connectivity index (χ4n) is 13.7. The monoisotopic (exact) mass is 1230 g/mol. The molecule has 3 aliphatic heterocycles. The number of aliphatic hydroxyl groups excluding tert-OH is 1. The highest BCUT2D eigenvalue weighted by atomic mass is 32.1. The number of β-amino-alcohol motifs (C(OH)–C–C–N with tert-alkyl or cyclic N) is 1. The lowest BCUT2D eigenvalue weighted by Crippen LogP contribution is -2.58. The molecule has 19 heteroatoms. The van der Waals surface area contributed by atoms with Crippen LogP contribution >= 0.6 is 11.3 Å². The van der Waals surface area contributed by atoms with Crippen molar-refractivity contribution in [2.75, 3.05) is 33.4 Å². The van der Waals surface area contributed by atoms with Crippen LogP contribution in [-0.2, 0) is 43.5 Å². The molecule has 6 amide bonds. The lowest BCUT2D eigenvalue weighted by molar-refractivity contribution is -0.143. The number of aromatic nitrogens is 1. The predicted octanol–water partition coefficient (Wildman–Crippen LogP) is 9.39. The van der Waals surface area contributed by atoms with Gasteiger partial charge in [-0.25, -0.2) is 4.98 Å². The van der Waals surface area contributed by atoms with Gasteiger partial charge in [0.2, 0.25) is 29.5 Å². The third kappa shape index (κ3) is 15.8. The van der Waals surface area contributed by atoms with Crippen molar-refractivity contribution in [1.29, 1.82) is 0 Å². The van der Waals surface area contributed by atoms with Crippen molar-refractivity contribution in [2.24, 2.45) is 11.8 Å². The summed E-state index contributed by atoms with van der Waals surface area (Å²) in [6.07, 6.45) is 12.2. The second-order valence-corrected chi connectivity index (χ2v) is 26.2. The van der Waals surface area contributed by atoms with E-state index in [1.165, 1.54) is 10.5 Å². The van der Waals surface area contributed by atoms with E-state index in [-0.39, 0.29) is 79.4 Å². The van der Waals surface area contributed by atoms with E-state index < -0.39 is 42.4 Å². The number of nitrogens with zero attached hydrogens (tertiary/aromatic N) is 4. The number of ether oxygens (including phenoxy) is 3. The molecule has 5 aromatic rings. The van der Waals surface area contributed by atoms with E-state index in [2.05, 4.69) is 38.4 Å². The summed E-state index contributed by atoms with van der Waals surface area (Å²) in [6, 6.07) is 25.3. The highest BCUT2D eigenvalue weighted by Crippen LogP contribution is 2.37. The topological polar surface area (TPSA) is 221 Å². The van der Waals surface area contributed by atoms with Crippen LogP contribution < -0.4 is 35.5 Å². The fraction of sp³-hybridized carbons (Fsp3) is 0.529. The Morgan fingerprint density at radius 3 is 2.19 bits per heavy atom. The van der Waals surface area contributed by atoms with E-state index in [0.29, 0.717) is 49.0 Å². The van der Waals surface area contributed by atoms with Crippen molar-refractivity contribution in [2.45, 2.75) is 192 Å². The van der Waals surface area contributed by atoms with Gasteiger partial charge in [-0.05, 0) is 124 Å². The van der Waals surface area contributed by atoms with Gasteiger partial charge in [0.05, 0.1) is 54.0 Å². The van der Waals surface area contributed by atoms with Gasteiger partial charge in [0, 0.05) is 49.7 Å². The maximum Gasteiger partial charge on any atom is 0.255 e. The molecule has 3 fully saturated rings. The summed E-state index contributed by atoms with van der Waals surface area (Å²) in [5.41, 5.74) is 8.29. The number of likely N-dealkylation sites (tertiary alicyclic amines) is 2. The minimum atomic E-state index is -0.905. The number of carbonyl (C=O) groups excluding carboxylic acids is 6. The second-order valence-electron chi connectivity index (χ2n) is 25.3. The zero-order chi connectivity index (χ0) is 62.6. The molecule has 4 heterocycles. The number of unbranched alkanes of at least 4 members (excludes halogenated alkanes) is 5. The number of nitrogens with one attached hydrogen (secondary N) is 4. The van der Waals surface area contributed by atoms with Crippen LogP contribution in [0, 0.1) is 18.8 Å². The molecule has 0 radical (unpaired) electrons. The number of likely N-dealkylation sites (N-methyl/N-ethyl adjacent to an activating group) is 1. The molecule has 476 valence electrons. The van der Waals surface area contributed by atoms with Crippen molar-refractivity contribution in [1.82, 2.24) is 41.0 Å². The summed E-state index contributed by atoms with van der Waals surface area (Å²) in [7, 11) is 1.73. The van der Waals surface area contributed by atoms with Crippen molar-refractivity contribution in [3.8, 4) is 27.7 Å². The first-order valence-electron chi connectivity index (χ1n) is 32.5. The van der Waals surface area contributed by atoms with Crippen molar-refractivity contribution in [3.63, 3.8) is 0 Å². The Labute approximate surface area is 528 Å². The number of amides is 6. The van der Waals surface area contributed by atoms with Gasteiger partial charge in [-0.2, -0.15) is 0 Å². The first kappa shape index (κ1) is 64.6. The molecule has 18 nitrogen and oxygen atoms in total. The predicted molar refractivity (Wildman–Crippen MR) is 342 cm³/mol. The first-order chi connectivity index (χ1) is 43.1. The Hall–Kier alpha value is -7.35. The molecule has 0 bridgehead atoms. The van der Waals surface area contributed by atoms with Gasteiger partial charge in [-0.3, -0.25) is 28.8 Å². The maximum atomic E-state index is 14.9. The second kappa shape index (κ2) is 30.4. The summed E-state index contributed by atoms with van der Waals surface area (Å²) in [5, 5.41) is 23.3. The highest BCUT2D eigenvalue weighted by molar-refractivity contribution is 7.13. The molecule has 1 saturated carbocycles. The molecule has 0 unspecified atom stereocenters. The third-order valence-electron chi connectivity index (χ3n) is 18.7. The van der Waals surface area contributed by atoms with Crippen LogP contribution in [0.1, 0.15) is 161 Å². The lowest BCUT2D eigenvalue weighted by Gasteiger charge is -2.35. The van der Waals surface area contributed by atoms with E-state index >= 15 is 0 Å². The minimum Gasteiger partial charge on any atom is -0.493 e. The van der Waals surface area contributed by atoms with Gasteiger partial charge in [0.1, 0.15) is 47.5 Å². The van der Waals surface area contributed by atoms with Gasteiger partial charge >= 0.3 is 0 Å². The number of thiazole rings is 1. The summed E-state index contributed by atoms with van der Waals surface area (Å²) >= 11 is 1.55. The van der Waals surface area contributed by atoms with Crippen LogP contribution in [0.25, 0.3) is 10.4 Å². The van der Waals surface area contributed by atoms with Crippen LogP contribution in [0.4, 0.5) is 0 Å². The number of fused-ring (bicyclic) bond motifs is 2. The van der Waals surface area contributed by atoms with Crippen molar-refractivity contribution < 1.29 is 48.1 Å². The largest absolute Gasteiger partial charge is 0.493 e. The highest BCUT2D eigenvalue weighted by Gasteiger charge is 2.48. The molecule has 4 aromatic carbocycles. The number of hydrogen-bond acceptors (Lipinski definition) is 13. The Bertz CT molecular complexity index is 3280. The van der Waals surface area contributed by atoms with Gasteiger partial charge in [-0.15, -0.1) is 11.3 Å². The molecule has 8 atom stereocenters. The first-order valence-corrected chi connectivity index (χ1v) is 33.4. The number of carbonyl (C=O) groups is 6. The minimum absolute atomic E-state index is 0.00375. The Morgan fingerprint density at radius 1 is 0.742 bits per heavy atom. The summed E-state index contributed by atoms with van der Waals surface area (Å²) in [5.74, 6) is 0.0557. The Kier molecular flexibility index (Phi) is 22.1. The van der Waals surface area contributed by atoms with E-state index in [9.17, 15) is 33.9 Å². The van der Waals surface area contributed by atoms with E-state index in [1.54, 1.807) is 41.2 Å².